The van der Waals surface area contributed by atoms with Crippen LogP contribution in [0.25, 0.3) is 0 Å². The zero-order chi connectivity index (χ0) is 17.5. The highest BCUT2D eigenvalue weighted by Crippen LogP contribution is 2.20. The minimum absolute atomic E-state index is 0.235. The van der Waals surface area contributed by atoms with Crippen LogP contribution in [0.2, 0.25) is 5.02 Å². The van der Waals surface area contributed by atoms with E-state index in [4.69, 9.17) is 22.1 Å². The second-order valence-electron chi connectivity index (χ2n) is 5.19. The average Bonchev–Trinajstić information content (AvgIpc) is 2.53. The predicted molar refractivity (Wildman–Crippen MR) is 95.2 cm³/mol. The molecule has 2 aromatic carbocycles. The smallest absolute Gasteiger partial charge is 0.306 e. The number of nitrogens with two attached hydrogens (primary N) is 1. The number of nitrogen functional groups attached to an aromatic ring is 1. The van der Waals surface area contributed by atoms with Crippen molar-refractivity contribution in [1.29, 1.82) is 0 Å². The summed E-state index contributed by atoms with van der Waals surface area (Å²) in [5.41, 5.74) is 8.06. The van der Waals surface area contributed by atoms with E-state index in [1.807, 2.05) is 18.2 Å². The number of hydrogen-bond donors (Lipinski definition) is 2. The van der Waals surface area contributed by atoms with Gasteiger partial charge in [-0.05, 0) is 49.2 Å². The number of hydrogen-bond acceptors (Lipinski definition) is 4. The van der Waals surface area contributed by atoms with Crippen molar-refractivity contribution in [2.24, 2.45) is 0 Å². The van der Waals surface area contributed by atoms with Crippen molar-refractivity contribution in [3.05, 3.63) is 58.6 Å². The van der Waals surface area contributed by atoms with E-state index in [1.165, 1.54) is 6.07 Å². The van der Waals surface area contributed by atoms with Gasteiger partial charge in [0.1, 0.15) is 0 Å². The van der Waals surface area contributed by atoms with Gasteiger partial charge in [-0.25, -0.2) is 0 Å². The second-order valence-corrected chi connectivity index (χ2v) is 5.63. The summed E-state index contributed by atoms with van der Waals surface area (Å²) in [6.45, 7) is 2.15. The third-order valence-corrected chi connectivity index (χ3v) is 3.60. The van der Waals surface area contributed by atoms with Crippen LogP contribution in [-0.4, -0.2) is 18.5 Å². The van der Waals surface area contributed by atoms with Crippen molar-refractivity contribution in [3.8, 4) is 0 Å². The van der Waals surface area contributed by atoms with Gasteiger partial charge in [0.25, 0.3) is 5.91 Å². The van der Waals surface area contributed by atoms with E-state index in [1.54, 1.807) is 25.1 Å². The van der Waals surface area contributed by atoms with Crippen molar-refractivity contribution < 1.29 is 14.3 Å². The molecule has 0 spiro atoms. The number of ether oxygens (including phenoxy) is 1. The fourth-order valence-corrected chi connectivity index (χ4v) is 2.40. The van der Waals surface area contributed by atoms with Crippen LogP contribution in [0.1, 0.15) is 29.3 Å². The van der Waals surface area contributed by atoms with E-state index in [-0.39, 0.29) is 11.9 Å². The van der Waals surface area contributed by atoms with Gasteiger partial charge in [0.05, 0.1) is 12.2 Å². The molecule has 0 bridgehead atoms. The highest BCUT2D eigenvalue weighted by atomic mass is 35.5. The monoisotopic (exact) mass is 346 g/mol. The molecule has 2 aromatic rings. The van der Waals surface area contributed by atoms with Crippen LogP contribution >= 0.6 is 11.6 Å². The Morgan fingerprint density at radius 1 is 1.21 bits per heavy atom. The Hall–Kier alpha value is -2.53. The van der Waals surface area contributed by atoms with Crippen molar-refractivity contribution in [3.63, 3.8) is 0 Å². The Morgan fingerprint density at radius 3 is 2.71 bits per heavy atom. The van der Waals surface area contributed by atoms with Gasteiger partial charge in [0.2, 0.25) is 0 Å². The van der Waals surface area contributed by atoms with Gasteiger partial charge in [-0.3, -0.25) is 9.59 Å². The maximum atomic E-state index is 12.3. The second kappa shape index (κ2) is 8.36. The quantitative estimate of drug-likeness (QED) is 0.617. The van der Waals surface area contributed by atoms with Gasteiger partial charge in [-0.1, -0.05) is 23.7 Å². The Labute approximate surface area is 145 Å². The summed E-state index contributed by atoms with van der Waals surface area (Å²) in [5, 5.41) is 3.27. The van der Waals surface area contributed by atoms with Crippen LogP contribution in [0, 0.1) is 0 Å². The molecular formula is C18H19ClN2O3. The normalized spacial score (nSPS) is 10.2. The number of carbonyl (C=O) groups is 2. The van der Waals surface area contributed by atoms with E-state index in [0.29, 0.717) is 41.4 Å². The fourth-order valence-electron chi connectivity index (χ4n) is 2.22. The number of esters is 1. The number of carbonyl (C=O) groups excluding carboxylic acids is 2. The average molecular weight is 347 g/mol. The number of rotatable bonds is 6. The summed E-state index contributed by atoms with van der Waals surface area (Å²) >= 11 is 5.84. The summed E-state index contributed by atoms with van der Waals surface area (Å²) < 4.78 is 4.91. The Bertz CT molecular complexity index is 747. The number of amides is 1. The number of halogens is 1. The van der Waals surface area contributed by atoms with Gasteiger partial charge in [-0.15, -0.1) is 0 Å². The van der Waals surface area contributed by atoms with E-state index in [9.17, 15) is 9.59 Å². The standard InChI is InChI=1S/C18H19ClN2O3/c1-2-24-17(22)9-6-12-4-3-5-14(10-12)21-18(23)15-8-7-13(19)11-16(15)20/h3-5,7-8,10-11H,2,6,9,20H2,1H3,(H,21,23). The SMILES string of the molecule is CCOC(=O)CCc1cccc(NC(=O)c2ccc(Cl)cc2N)c1. The minimum Gasteiger partial charge on any atom is -0.466 e. The fraction of sp³-hybridized carbons (Fsp3) is 0.222. The predicted octanol–water partition coefficient (Wildman–Crippen LogP) is 3.67. The molecule has 0 saturated carbocycles. The van der Waals surface area contributed by atoms with Crippen LogP contribution in [0.5, 0.6) is 0 Å². The number of aryl methyl sites for hydroxylation is 1. The zero-order valence-electron chi connectivity index (χ0n) is 13.3. The minimum atomic E-state index is -0.313. The Balaban J connectivity index is 2.03. The largest absolute Gasteiger partial charge is 0.466 e. The molecular weight excluding hydrogens is 328 g/mol. The lowest BCUT2D eigenvalue weighted by Crippen LogP contribution is -2.14. The van der Waals surface area contributed by atoms with Gasteiger partial charge >= 0.3 is 5.97 Å². The maximum Gasteiger partial charge on any atom is 0.306 e. The van der Waals surface area contributed by atoms with E-state index >= 15 is 0 Å². The topological polar surface area (TPSA) is 81.4 Å². The molecule has 5 nitrogen and oxygen atoms in total. The Kier molecular flexibility index (Phi) is 6.21. The third-order valence-electron chi connectivity index (χ3n) is 3.37. The molecule has 0 saturated heterocycles. The molecule has 0 heterocycles. The molecule has 1 amide bonds. The first-order chi connectivity index (χ1) is 11.5. The van der Waals surface area contributed by atoms with Crippen molar-refractivity contribution in [2.45, 2.75) is 19.8 Å². The van der Waals surface area contributed by atoms with E-state index in [2.05, 4.69) is 5.32 Å². The third kappa shape index (κ3) is 4.99. The van der Waals surface area contributed by atoms with Crippen molar-refractivity contribution in [2.75, 3.05) is 17.7 Å². The number of anilines is 2. The Morgan fingerprint density at radius 2 is 2.00 bits per heavy atom. The first-order valence-electron chi connectivity index (χ1n) is 7.60. The summed E-state index contributed by atoms with van der Waals surface area (Å²) in [7, 11) is 0. The molecule has 2 rings (SSSR count). The molecule has 126 valence electrons. The lowest BCUT2D eigenvalue weighted by molar-refractivity contribution is -0.143. The van der Waals surface area contributed by atoms with E-state index in [0.717, 1.165) is 5.56 Å². The van der Waals surface area contributed by atoms with Gasteiger partial charge in [0.15, 0.2) is 0 Å². The lowest BCUT2D eigenvalue weighted by atomic mass is 10.1. The highest BCUT2D eigenvalue weighted by molar-refractivity contribution is 6.31. The molecule has 0 aromatic heterocycles. The summed E-state index contributed by atoms with van der Waals surface area (Å²) in [6.07, 6.45) is 0.848. The molecule has 24 heavy (non-hydrogen) atoms. The lowest BCUT2D eigenvalue weighted by Gasteiger charge is -2.09. The summed E-state index contributed by atoms with van der Waals surface area (Å²) in [4.78, 5) is 23.7. The molecule has 3 N–H and O–H groups in total. The number of benzene rings is 2. The van der Waals surface area contributed by atoms with Crippen LogP contribution in [0.15, 0.2) is 42.5 Å². The zero-order valence-corrected chi connectivity index (χ0v) is 14.1. The molecule has 0 aliphatic heterocycles. The van der Waals surface area contributed by atoms with Gasteiger partial charge in [0, 0.05) is 22.8 Å². The molecule has 0 aliphatic carbocycles. The van der Waals surface area contributed by atoms with Crippen LogP contribution < -0.4 is 11.1 Å². The maximum absolute atomic E-state index is 12.3. The molecule has 0 atom stereocenters. The summed E-state index contributed by atoms with van der Waals surface area (Å²) in [6, 6.07) is 12.0. The number of nitrogens with one attached hydrogen (secondary N) is 1. The van der Waals surface area contributed by atoms with Crippen LogP contribution in [0.4, 0.5) is 11.4 Å². The molecule has 0 fully saturated rings. The molecule has 0 radical (unpaired) electrons. The van der Waals surface area contributed by atoms with Crippen LogP contribution in [0.3, 0.4) is 0 Å². The first-order valence-corrected chi connectivity index (χ1v) is 7.98. The highest BCUT2D eigenvalue weighted by Gasteiger charge is 2.11. The molecule has 0 unspecified atom stereocenters. The molecule has 0 aliphatic rings. The van der Waals surface area contributed by atoms with Crippen molar-refractivity contribution in [1.82, 2.24) is 0 Å². The van der Waals surface area contributed by atoms with Gasteiger partial charge in [-0.2, -0.15) is 0 Å². The molecule has 6 heteroatoms. The van der Waals surface area contributed by atoms with E-state index < -0.39 is 0 Å². The van der Waals surface area contributed by atoms with Crippen molar-refractivity contribution >= 4 is 34.9 Å². The van der Waals surface area contributed by atoms with Gasteiger partial charge < -0.3 is 15.8 Å². The van der Waals surface area contributed by atoms with Crippen LogP contribution in [-0.2, 0) is 16.0 Å². The summed E-state index contributed by atoms with van der Waals surface area (Å²) in [5.74, 6) is -0.549. The first kappa shape index (κ1) is 17.8.